The minimum absolute atomic E-state index is 0.134. The Morgan fingerprint density at radius 3 is 2.44 bits per heavy atom. The van der Waals surface area contributed by atoms with Crippen molar-refractivity contribution in [2.75, 3.05) is 23.5 Å². The molecule has 3 amide bonds. The van der Waals surface area contributed by atoms with Crippen LogP contribution in [-0.2, 0) is 30.6 Å². The van der Waals surface area contributed by atoms with Crippen LogP contribution in [0.5, 0.6) is 0 Å². The number of hydrogen-bond acceptors (Lipinski definition) is 7. The lowest BCUT2D eigenvalue weighted by molar-refractivity contribution is -0.130. The molecule has 2 aromatic rings. The Bertz CT molecular complexity index is 1280. The van der Waals surface area contributed by atoms with Crippen molar-refractivity contribution in [2.45, 2.75) is 50.2 Å². The molecule has 0 spiro atoms. The number of amides is 3. The predicted octanol–water partition coefficient (Wildman–Crippen LogP) is 1.27. The number of halogens is 1. The number of hydrogen-bond donors (Lipinski definition) is 3. The van der Waals surface area contributed by atoms with Gasteiger partial charge in [-0.3, -0.25) is 19.3 Å². The van der Waals surface area contributed by atoms with E-state index >= 15 is 0 Å². The Morgan fingerprint density at radius 2 is 1.86 bits per heavy atom. The van der Waals surface area contributed by atoms with Crippen molar-refractivity contribution < 1.29 is 27.2 Å². The number of carbonyl (C=O) groups is 3. The van der Waals surface area contributed by atoms with Crippen molar-refractivity contribution in [3.63, 3.8) is 0 Å². The van der Waals surface area contributed by atoms with Crippen LogP contribution in [-0.4, -0.2) is 62.6 Å². The smallest absolute Gasteiger partial charge is 0.251 e. The van der Waals surface area contributed by atoms with E-state index in [0.29, 0.717) is 5.56 Å². The number of sulfone groups is 1. The second-order valence-electron chi connectivity index (χ2n) is 9.06. The molecule has 3 rings (SSSR count). The minimum atomic E-state index is -3.63. The number of aromatic nitrogens is 1. The summed E-state index contributed by atoms with van der Waals surface area (Å²) in [5.74, 6) is -2.51. The largest absolute Gasteiger partial charge is 0.343 e. The monoisotopic (exact) mass is 519 g/mol. The highest BCUT2D eigenvalue weighted by atomic mass is 32.2. The Kier molecular flexibility index (Phi) is 8.09. The Balaban J connectivity index is 1.92. The van der Waals surface area contributed by atoms with Crippen molar-refractivity contribution in [3.05, 3.63) is 47.9 Å². The summed E-state index contributed by atoms with van der Waals surface area (Å²) in [5, 5.41) is 8.02. The van der Waals surface area contributed by atoms with Crippen LogP contribution in [0, 0.1) is 11.7 Å². The van der Waals surface area contributed by atoms with Crippen LogP contribution in [0.3, 0.4) is 0 Å². The lowest BCUT2D eigenvalue weighted by Crippen LogP contribution is -2.57. The topological polar surface area (TPSA) is 138 Å². The van der Waals surface area contributed by atoms with Crippen LogP contribution in [0.25, 0.3) is 0 Å². The van der Waals surface area contributed by atoms with E-state index in [1.165, 1.54) is 17.2 Å². The van der Waals surface area contributed by atoms with Crippen molar-refractivity contribution in [3.8, 4) is 0 Å². The summed E-state index contributed by atoms with van der Waals surface area (Å²) in [7, 11) is -2.01. The zero-order valence-electron chi connectivity index (χ0n) is 20.7. The van der Waals surface area contributed by atoms with Gasteiger partial charge in [0, 0.05) is 18.9 Å². The molecule has 3 N–H and O–H groups in total. The SMILES string of the molecule is CN[C@@H](C)C(=O)N[C@H](C(=O)N1c2ncccc2C[C@H]1C(=O)Nc1ccc(S(C)(=O)=O)cc1F)C(C)C. The predicted molar refractivity (Wildman–Crippen MR) is 133 cm³/mol. The van der Waals surface area contributed by atoms with Gasteiger partial charge >= 0.3 is 0 Å². The summed E-state index contributed by atoms with van der Waals surface area (Å²) in [5.41, 5.74) is 0.427. The number of pyridine rings is 1. The fourth-order valence-corrected chi connectivity index (χ4v) is 4.47. The molecular formula is C24H30FN5O5S. The van der Waals surface area contributed by atoms with E-state index in [0.717, 1.165) is 18.4 Å². The molecule has 1 aromatic heterocycles. The molecule has 0 radical (unpaired) electrons. The normalized spacial score (nSPS) is 16.9. The zero-order valence-corrected chi connectivity index (χ0v) is 21.5. The number of likely N-dealkylation sites (N-methyl/N-ethyl adjacent to an activating group) is 1. The molecule has 36 heavy (non-hydrogen) atoms. The summed E-state index contributed by atoms with van der Waals surface area (Å²) in [6.45, 7) is 5.20. The van der Waals surface area contributed by atoms with Crippen LogP contribution in [0.4, 0.5) is 15.9 Å². The number of carbonyl (C=O) groups excluding carboxylic acids is 3. The zero-order chi connectivity index (χ0) is 26.8. The van der Waals surface area contributed by atoms with E-state index in [1.54, 1.807) is 40.0 Å². The fourth-order valence-electron chi connectivity index (χ4n) is 3.84. The first-order chi connectivity index (χ1) is 16.8. The van der Waals surface area contributed by atoms with Crippen molar-refractivity contribution in [1.82, 2.24) is 15.6 Å². The van der Waals surface area contributed by atoms with Gasteiger partial charge in [0.15, 0.2) is 9.84 Å². The van der Waals surface area contributed by atoms with E-state index in [2.05, 4.69) is 20.9 Å². The molecule has 0 aliphatic carbocycles. The Morgan fingerprint density at radius 1 is 1.17 bits per heavy atom. The third-order valence-electron chi connectivity index (χ3n) is 6.04. The van der Waals surface area contributed by atoms with Crippen LogP contribution >= 0.6 is 0 Å². The second kappa shape index (κ2) is 10.7. The summed E-state index contributed by atoms with van der Waals surface area (Å²) in [6, 6.07) is 4.05. The molecule has 1 aliphatic rings. The molecule has 0 unspecified atom stereocenters. The van der Waals surface area contributed by atoms with Crippen LogP contribution in [0.2, 0.25) is 0 Å². The maximum absolute atomic E-state index is 14.6. The summed E-state index contributed by atoms with van der Waals surface area (Å²) >= 11 is 0. The molecule has 0 saturated carbocycles. The summed E-state index contributed by atoms with van der Waals surface area (Å²) in [4.78, 5) is 44.8. The number of nitrogens with zero attached hydrogens (tertiary/aromatic N) is 2. The van der Waals surface area contributed by atoms with Crippen LogP contribution in [0.15, 0.2) is 41.4 Å². The number of nitrogens with one attached hydrogen (secondary N) is 3. The first-order valence-corrected chi connectivity index (χ1v) is 13.3. The van der Waals surface area contributed by atoms with Crippen molar-refractivity contribution in [1.29, 1.82) is 0 Å². The molecule has 194 valence electrons. The highest BCUT2D eigenvalue weighted by Gasteiger charge is 2.43. The molecule has 0 bridgehead atoms. The molecule has 1 aromatic carbocycles. The highest BCUT2D eigenvalue weighted by molar-refractivity contribution is 7.90. The van der Waals surface area contributed by atoms with Gasteiger partial charge in [0.25, 0.3) is 5.91 Å². The third kappa shape index (κ3) is 5.71. The van der Waals surface area contributed by atoms with Gasteiger partial charge < -0.3 is 16.0 Å². The van der Waals surface area contributed by atoms with Crippen molar-refractivity contribution in [2.24, 2.45) is 5.92 Å². The standard InChI is InChI=1S/C24H30FN5O5S/c1-13(2)20(29-22(31)14(3)26-4)24(33)30-19(11-15-7-6-10-27-21(15)30)23(32)28-18-9-8-16(12-17(18)25)36(5,34)35/h6-10,12-14,19-20,26H,11H2,1-5H3,(H,28,32)(H,29,31)/t14-,19-,20-/m0/s1. The van der Waals surface area contributed by atoms with Crippen molar-refractivity contribution >= 4 is 39.1 Å². The lowest BCUT2D eigenvalue weighted by Gasteiger charge is -2.31. The molecule has 0 saturated heterocycles. The van der Waals surface area contributed by atoms with Gasteiger partial charge in [0.2, 0.25) is 11.8 Å². The highest BCUT2D eigenvalue weighted by Crippen LogP contribution is 2.32. The van der Waals surface area contributed by atoms with E-state index in [-0.39, 0.29) is 34.6 Å². The van der Waals surface area contributed by atoms with Gasteiger partial charge in [0.05, 0.1) is 16.6 Å². The molecule has 10 nitrogen and oxygen atoms in total. The second-order valence-corrected chi connectivity index (χ2v) is 11.1. The molecule has 1 aliphatic heterocycles. The molecular weight excluding hydrogens is 489 g/mol. The minimum Gasteiger partial charge on any atom is -0.343 e. The lowest BCUT2D eigenvalue weighted by atomic mass is 10.0. The Labute approximate surface area is 209 Å². The number of fused-ring (bicyclic) bond motifs is 1. The van der Waals surface area contributed by atoms with Gasteiger partial charge in [-0.15, -0.1) is 0 Å². The molecule has 2 heterocycles. The first kappa shape index (κ1) is 27.2. The average Bonchev–Trinajstić information content (AvgIpc) is 3.21. The van der Waals surface area contributed by atoms with Gasteiger partial charge in [-0.1, -0.05) is 19.9 Å². The average molecular weight is 520 g/mol. The number of anilines is 2. The fraction of sp³-hybridized carbons (Fsp3) is 0.417. The molecule has 0 fully saturated rings. The number of rotatable bonds is 8. The van der Waals surface area contributed by atoms with Gasteiger partial charge in [-0.25, -0.2) is 17.8 Å². The van der Waals surface area contributed by atoms with Gasteiger partial charge in [0.1, 0.15) is 23.7 Å². The quantitative estimate of drug-likeness (QED) is 0.478. The van der Waals surface area contributed by atoms with E-state index in [4.69, 9.17) is 0 Å². The summed E-state index contributed by atoms with van der Waals surface area (Å²) < 4.78 is 38.0. The maximum Gasteiger partial charge on any atom is 0.251 e. The molecule has 3 atom stereocenters. The van der Waals surface area contributed by atoms with Crippen LogP contribution < -0.4 is 20.9 Å². The van der Waals surface area contributed by atoms with Gasteiger partial charge in [-0.05, 0) is 49.7 Å². The first-order valence-electron chi connectivity index (χ1n) is 11.4. The van der Waals surface area contributed by atoms with E-state index in [9.17, 15) is 27.2 Å². The summed E-state index contributed by atoms with van der Waals surface area (Å²) in [6.07, 6.45) is 2.58. The third-order valence-corrected chi connectivity index (χ3v) is 7.15. The maximum atomic E-state index is 14.6. The number of benzene rings is 1. The van der Waals surface area contributed by atoms with Gasteiger partial charge in [-0.2, -0.15) is 0 Å². The van der Waals surface area contributed by atoms with Crippen LogP contribution in [0.1, 0.15) is 26.3 Å². The Hall–Kier alpha value is -3.38. The molecule has 12 heteroatoms. The van der Waals surface area contributed by atoms with E-state index < -0.39 is 45.6 Å². The van der Waals surface area contributed by atoms with E-state index in [1.807, 2.05) is 0 Å².